The fourth-order valence-electron chi connectivity index (χ4n) is 2.26. The maximum absolute atomic E-state index is 11.9. The van der Waals surface area contributed by atoms with Crippen molar-refractivity contribution in [2.24, 2.45) is 0 Å². The van der Waals surface area contributed by atoms with Gasteiger partial charge in [0.2, 0.25) is 5.91 Å². The summed E-state index contributed by atoms with van der Waals surface area (Å²) in [7, 11) is 2.11. The first-order chi connectivity index (χ1) is 11.7. The summed E-state index contributed by atoms with van der Waals surface area (Å²) in [4.78, 5) is 47.1. The van der Waals surface area contributed by atoms with E-state index < -0.39 is 0 Å². The highest BCUT2D eigenvalue weighted by Gasteiger charge is 2.22. The standard InChI is InChI=1S/C17H26N3O4P/c1-11(18-13(3)17(24)25)12(2)19-14(21)7-5-4-6-10-20-15(22)8-9-16(20)23/h8-9,12-13,18H,1,4-7,10,25H2,2-3H3,(H,19,21)/t12-,13-/m0/s1. The molecular weight excluding hydrogens is 341 g/mol. The van der Waals surface area contributed by atoms with Crippen LogP contribution in [0.5, 0.6) is 0 Å². The van der Waals surface area contributed by atoms with Crippen molar-refractivity contribution in [3.05, 3.63) is 24.4 Å². The lowest BCUT2D eigenvalue weighted by molar-refractivity contribution is -0.137. The van der Waals surface area contributed by atoms with Gasteiger partial charge in [-0.2, -0.15) is 0 Å². The Morgan fingerprint density at radius 3 is 2.24 bits per heavy atom. The molecule has 1 unspecified atom stereocenters. The molecule has 0 aromatic rings. The molecule has 0 aromatic carbocycles. The second-order valence-electron chi connectivity index (χ2n) is 6.05. The number of unbranched alkanes of at least 4 members (excludes halogenated alkanes) is 2. The average Bonchev–Trinajstić information content (AvgIpc) is 2.85. The van der Waals surface area contributed by atoms with Gasteiger partial charge in [-0.05, 0) is 26.7 Å². The van der Waals surface area contributed by atoms with Crippen LogP contribution in [0.25, 0.3) is 0 Å². The van der Waals surface area contributed by atoms with Gasteiger partial charge in [0.15, 0.2) is 5.52 Å². The molecule has 0 aromatic heterocycles. The van der Waals surface area contributed by atoms with Gasteiger partial charge in [-0.25, -0.2) is 0 Å². The molecule has 0 saturated heterocycles. The molecule has 0 aliphatic carbocycles. The maximum Gasteiger partial charge on any atom is 0.253 e. The molecule has 0 fully saturated rings. The first kappa shape index (κ1) is 21.0. The van der Waals surface area contributed by atoms with E-state index in [-0.39, 0.29) is 35.3 Å². The first-order valence-corrected chi connectivity index (χ1v) is 8.87. The van der Waals surface area contributed by atoms with E-state index in [1.54, 1.807) is 13.8 Å². The molecule has 1 aliphatic rings. The van der Waals surface area contributed by atoms with E-state index >= 15 is 0 Å². The lowest BCUT2D eigenvalue weighted by atomic mass is 10.1. The number of imide groups is 1. The molecule has 1 rings (SSSR count). The van der Waals surface area contributed by atoms with Gasteiger partial charge in [-0.15, -0.1) is 0 Å². The number of hydrogen-bond donors (Lipinski definition) is 2. The van der Waals surface area contributed by atoms with Crippen LogP contribution in [-0.2, 0) is 19.2 Å². The van der Waals surface area contributed by atoms with Crippen molar-refractivity contribution in [2.45, 2.75) is 51.6 Å². The van der Waals surface area contributed by atoms with E-state index in [0.717, 1.165) is 6.42 Å². The lowest BCUT2D eigenvalue weighted by Gasteiger charge is -2.21. The Kier molecular flexibility index (Phi) is 8.49. The van der Waals surface area contributed by atoms with Gasteiger partial charge in [0.05, 0.1) is 12.1 Å². The zero-order valence-corrected chi connectivity index (χ0v) is 15.9. The molecule has 0 bridgehead atoms. The molecule has 0 saturated carbocycles. The Balaban J connectivity index is 2.17. The number of amides is 3. The molecule has 2 N–H and O–H groups in total. The largest absolute Gasteiger partial charge is 0.377 e. The molecule has 8 heteroatoms. The summed E-state index contributed by atoms with van der Waals surface area (Å²) in [6.45, 7) is 7.73. The third kappa shape index (κ3) is 7.18. The second-order valence-corrected chi connectivity index (χ2v) is 6.62. The van der Waals surface area contributed by atoms with E-state index in [9.17, 15) is 19.2 Å². The van der Waals surface area contributed by atoms with Gasteiger partial charge in [0, 0.05) is 30.8 Å². The van der Waals surface area contributed by atoms with Crippen molar-refractivity contribution in [2.75, 3.05) is 6.54 Å². The van der Waals surface area contributed by atoms with Crippen molar-refractivity contribution < 1.29 is 19.2 Å². The third-order valence-corrected chi connectivity index (χ3v) is 4.41. The number of carbonyl (C=O) groups excluding carboxylic acids is 4. The zero-order chi connectivity index (χ0) is 19.0. The summed E-state index contributed by atoms with van der Waals surface area (Å²) >= 11 is 0. The van der Waals surface area contributed by atoms with Crippen LogP contribution in [0.3, 0.4) is 0 Å². The highest BCUT2D eigenvalue weighted by Crippen LogP contribution is 2.08. The van der Waals surface area contributed by atoms with Crippen molar-refractivity contribution in [1.82, 2.24) is 15.5 Å². The van der Waals surface area contributed by atoms with Gasteiger partial charge < -0.3 is 10.6 Å². The van der Waals surface area contributed by atoms with Gasteiger partial charge in [-0.1, -0.05) is 22.2 Å². The zero-order valence-electron chi connectivity index (χ0n) is 14.7. The first-order valence-electron chi connectivity index (χ1n) is 8.30. The van der Waals surface area contributed by atoms with Gasteiger partial charge >= 0.3 is 0 Å². The molecule has 25 heavy (non-hydrogen) atoms. The van der Waals surface area contributed by atoms with Crippen molar-refractivity contribution in [3.63, 3.8) is 0 Å². The average molecular weight is 367 g/mol. The number of nitrogens with one attached hydrogen (secondary N) is 2. The molecule has 1 heterocycles. The fraction of sp³-hybridized carbons (Fsp3) is 0.529. The van der Waals surface area contributed by atoms with Crippen LogP contribution < -0.4 is 10.6 Å². The highest BCUT2D eigenvalue weighted by molar-refractivity contribution is 7.40. The van der Waals surface area contributed by atoms with E-state index in [2.05, 4.69) is 26.5 Å². The number of rotatable bonds is 11. The second kappa shape index (κ2) is 10.1. The van der Waals surface area contributed by atoms with Gasteiger partial charge in [0.1, 0.15) is 0 Å². The van der Waals surface area contributed by atoms with Crippen LogP contribution >= 0.6 is 9.24 Å². The van der Waals surface area contributed by atoms with E-state index in [4.69, 9.17) is 0 Å². The number of hydrogen-bond acceptors (Lipinski definition) is 5. The van der Waals surface area contributed by atoms with Crippen LogP contribution in [0.2, 0.25) is 0 Å². The summed E-state index contributed by atoms with van der Waals surface area (Å²) in [5.74, 6) is -0.656. The third-order valence-electron chi connectivity index (χ3n) is 3.91. The van der Waals surface area contributed by atoms with E-state index in [1.165, 1.54) is 17.1 Å². The van der Waals surface area contributed by atoms with Gasteiger partial charge in [-0.3, -0.25) is 24.1 Å². The Morgan fingerprint density at radius 1 is 1.08 bits per heavy atom. The Hall–Kier alpha value is -2.01. The number of carbonyl (C=O) groups is 4. The monoisotopic (exact) mass is 367 g/mol. The van der Waals surface area contributed by atoms with Crippen LogP contribution in [0, 0.1) is 0 Å². The smallest absolute Gasteiger partial charge is 0.253 e. The molecule has 1 aliphatic heterocycles. The van der Waals surface area contributed by atoms with Crippen LogP contribution in [0.15, 0.2) is 24.4 Å². The minimum atomic E-state index is -0.373. The van der Waals surface area contributed by atoms with Crippen molar-refractivity contribution in [3.8, 4) is 0 Å². The summed E-state index contributed by atoms with van der Waals surface area (Å²) in [6, 6.07) is -0.660. The Labute approximate surface area is 150 Å². The summed E-state index contributed by atoms with van der Waals surface area (Å²) in [5.41, 5.74) is 0.500. The predicted octanol–water partition coefficient (Wildman–Crippen LogP) is 0.870. The molecule has 3 amide bonds. The van der Waals surface area contributed by atoms with Crippen molar-refractivity contribution >= 4 is 32.5 Å². The summed E-state index contributed by atoms with van der Waals surface area (Å²) in [6.07, 6.45) is 4.98. The fourth-order valence-corrected chi connectivity index (χ4v) is 2.34. The van der Waals surface area contributed by atoms with Crippen LogP contribution in [-0.4, -0.2) is 46.8 Å². The summed E-state index contributed by atoms with van der Waals surface area (Å²) < 4.78 is 0. The predicted molar refractivity (Wildman–Crippen MR) is 98.4 cm³/mol. The van der Waals surface area contributed by atoms with Crippen LogP contribution in [0.1, 0.15) is 39.5 Å². The molecule has 138 valence electrons. The lowest BCUT2D eigenvalue weighted by Crippen LogP contribution is -2.41. The van der Waals surface area contributed by atoms with Gasteiger partial charge in [0.25, 0.3) is 11.8 Å². The van der Waals surface area contributed by atoms with Crippen molar-refractivity contribution in [1.29, 1.82) is 0 Å². The SMILES string of the molecule is C=C(N[C@@H](C)C(=O)P)[C@H](C)NC(=O)CCCCCN1C(=O)C=CC1=O. The van der Waals surface area contributed by atoms with Crippen LogP contribution in [0.4, 0.5) is 0 Å². The molecule has 3 atom stereocenters. The molecule has 0 radical (unpaired) electrons. The molecule has 7 nitrogen and oxygen atoms in total. The number of nitrogens with zero attached hydrogens (tertiary/aromatic N) is 1. The molecule has 0 spiro atoms. The topological polar surface area (TPSA) is 95.6 Å². The molecular formula is C17H26N3O4P. The van der Waals surface area contributed by atoms with E-state index in [0.29, 0.717) is 31.5 Å². The minimum Gasteiger partial charge on any atom is -0.377 e. The summed E-state index contributed by atoms with van der Waals surface area (Å²) in [5, 5.41) is 5.77. The minimum absolute atomic E-state index is 0.0788. The highest BCUT2D eigenvalue weighted by atomic mass is 31.0. The maximum atomic E-state index is 11.9. The van der Waals surface area contributed by atoms with E-state index in [1.807, 2.05) is 0 Å². The Morgan fingerprint density at radius 2 is 1.68 bits per heavy atom. The quantitative estimate of drug-likeness (QED) is 0.321. The Bertz CT molecular complexity index is 570. The normalized spacial score (nSPS) is 15.9.